The van der Waals surface area contributed by atoms with Crippen molar-refractivity contribution in [3.8, 4) is 11.5 Å². The summed E-state index contributed by atoms with van der Waals surface area (Å²) in [5, 5.41) is 11.7. The number of phenols is 1. The molecule has 2 aromatic carbocycles. The second kappa shape index (κ2) is 9.05. The number of epoxide rings is 1. The number of nitrogens with two attached hydrogens (primary N) is 2. The average molecular weight is 561 g/mol. The first-order valence-corrected chi connectivity index (χ1v) is 14.5. The largest absolute Gasteiger partial charge is 0.507 e. The number of aryl methyl sites for hydroxylation is 1. The highest BCUT2D eigenvalue weighted by Gasteiger charge is 2.70. The van der Waals surface area contributed by atoms with Crippen LogP contribution in [0.25, 0.3) is 11.0 Å². The SMILES string of the molecule is Cc1cc(=O)c2c(O)c3c(cc2o1)OC(C)(C)C1OC(=O)C2(OC2Cc2cccc(C(N)N)c2)C2CCC(CC2)C31. The highest BCUT2D eigenvalue weighted by atomic mass is 16.7. The zero-order valence-corrected chi connectivity index (χ0v) is 23.5. The summed E-state index contributed by atoms with van der Waals surface area (Å²) in [7, 11) is 0. The molecule has 5 aliphatic rings. The molecule has 216 valence electrons. The van der Waals surface area contributed by atoms with E-state index in [0.717, 1.165) is 36.8 Å². The third-order valence-corrected chi connectivity index (χ3v) is 9.79. The fourth-order valence-electron chi connectivity index (χ4n) is 7.80. The van der Waals surface area contributed by atoms with Gasteiger partial charge in [0.25, 0.3) is 0 Å². The number of carbonyl (C=O) groups is 1. The number of fused-ring (bicyclic) bond motifs is 5. The maximum Gasteiger partial charge on any atom is 0.341 e. The normalized spacial score (nSPS) is 31.6. The molecule has 5 N–H and O–H groups in total. The number of phenolic OH excluding ortho intramolecular Hbond substituents is 1. The van der Waals surface area contributed by atoms with Gasteiger partial charge in [0.15, 0.2) is 11.0 Å². The van der Waals surface area contributed by atoms with E-state index in [1.165, 1.54) is 6.07 Å². The van der Waals surface area contributed by atoms with Gasteiger partial charge in [-0.2, -0.15) is 0 Å². The van der Waals surface area contributed by atoms with Gasteiger partial charge in [-0.15, -0.1) is 0 Å². The molecule has 0 radical (unpaired) electrons. The third-order valence-electron chi connectivity index (χ3n) is 9.79. The summed E-state index contributed by atoms with van der Waals surface area (Å²) >= 11 is 0. The molecule has 4 fully saturated rings. The van der Waals surface area contributed by atoms with Crippen molar-refractivity contribution in [3.63, 3.8) is 0 Å². The number of hydrogen-bond acceptors (Lipinski definition) is 9. The van der Waals surface area contributed by atoms with Crippen LogP contribution in [0.2, 0.25) is 0 Å². The fraction of sp³-hybridized carbons (Fsp3) is 0.500. The lowest BCUT2D eigenvalue weighted by Crippen LogP contribution is -2.53. The van der Waals surface area contributed by atoms with Crippen molar-refractivity contribution in [1.29, 1.82) is 0 Å². The van der Waals surface area contributed by atoms with Gasteiger partial charge in [-0.05, 0) is 63.5 Å². The molecule has 4 atom stereocenters. The maximum absolute atomic E-state index is 14.1. The molecule has 1 aliphatic carbocycles. The Morgan fingerprint density at radius 2 is 1.83 bits per heavy atom. The monoisotopic (exact) mass is 560 g/mol. The van der Waals surface area contributed by atoms with Crippen molar-refractivity contribution in [2.24, 2.45) is 23.3 Å². The Balaban J connectivity index is 1.28. The zero-order chi connectivity index (χ0) is 28.8. The van der Waals surface area contributed by atoms with Crippen molar-refractivity contribution in [2.75, 3.05) is 0 Å². The van der Waals surface area contributed by atoms with E-state index in [1.807, 2.05) is 38.1 Å². The lowest BCUT2D eigenvalue weighted by molar-refractivity contribution is -0.172. The van der Waals surface area contributed by atoms with Crippen LogP contribution < -0.4 is 21.6 Å². The Hall–Kier alpha value is -3.40. The highest BCUT2D eigenvalue weighted by molar-refractivity contribution is 5.88. The van der Waals surface area contributed by atoms with Crippen molar-refractivity contribution in [1.82, 2.24) is 0 Å². The van der Waals surface area contributed by atoms with E-state index in [0.29, 0.717) is 23.5 Å². The van der Waals surface area contributed by atoms with Gasteiger partial charge in [0, 0.05) is 36.0 Å². The van der Waals surface area contributed by atoms with Crippen LogP contribution in [0.3, 0.4) is 0 Å². The molecule has 2 bridgehead atoms. The van der Waals surface area contributed by atoms with Gasteiger partial charge in [-0.1, -0.05) is 24.3 Å². The second-order valence-electron chi connectivity index (χ2n) is 12.8. The van der Waals surface area contributed by atoms with Crippen LogP contribution in [0.15, 0.2) is 45.6 Å². The van der Waals surface area contributed by atoms with Crippen LogP contribution in [-0.2, 0) is 20.7 Å². The van der Waals surface area contributed by atoms with Crippen LogP contribution in [-0.4, -0.2) is 34.5 Å². The summed E-state index contributed by atoms with van der Waals surface area (Å²) in [6.07, 6.45) is 2.26. The van der Waals surface area contributed by atoms with E-state index < -0.39 is 23.5 Å². The summed E-state index contributed by atoms with van der Waals surface area (Å²) in [6, 6.07) is 10.8. The molecule has 1 aromatic heterocycles. The number of esters is 1. The van der Waals surface area contributed by atoms with E-state index in [1.54, 1.807) is 13.0 Å². The molecule has 1 saturated carbocycles. The predicted octanol–water partition coefficient (Wildman–Crippen LogP) is 4.09. The van der Waals surface area contributed by atoms with E-state index in [2.05, 4.69) is 0 Å². The second-order valence-corrected chi connectivity index (χ2v) is 12.8. The van der Waals surface area contributed by atoms with Crippen LogP contribution >= 0.6 is 0 Å². The van der Waals surface area contributed by atoms with E-state index in [4.69, 9.17) is 30.1 Å². The molecule has 9 heteroatoms. The predicted molar refractivity (Wildman–Crippen MR) is 151 cm³/mol. The quantitative estimate of drug-likeness (QED) is 0.244. The maximum atomic E-state index is 14.1. The molecule has 9 nitrogen and oxygen atoms in total. The van der Waals surface area contributed by atoms with E-state index in [9.17, 15) is 14.7 Å². The molecular formula is C32H36N2O7. The van der Waals surface area contributed by atoms with Gasteiger partial charge in [0.05, 0.1) is 6.17 Å². The van der Waals surface area contributed by atoms with Gasteiger partial charge in [-0.25, -0.2) is 4.79 Å². The van der Waals surface area contributed by atoms with E-state index >= 15 is 0 Å². The van der Waals surface area contributed by atoms with E-state index in [-0.39, 0.29) is 52.0 Å². The lowest BCUT2D eigenvalue weighted by Gasteiger charge is -2.47. The van der Waals surface area contributed by atoms with Gasteiger partial charge < -0.3 is 35.2 Å². The Labute approximate surface area is 237 Å². The molecule has 3 saturated heterocycles. The van der Waals surface area contributed by atoms with Crippen LogP contribution in [0, 0.1) is 18.8 Å². The van der Waals surface area contributed by atoms with Crippen LogP contribution in [0.5, 0.6) is 11.5 Å². The Morgan fingerprint density at radius 1 is 1.07 bits per heavy atom. The first kappa shape index (κ1) is 26.5. The molecule has 5 heterocycles. The van der Waals surface area contributed by atoms with Gasteiger partial charge in [0.1, 0.15) is 46.0 Å². The number of benzene rings is 2. The number of hydrogen-bond donors (Lipinski definition) is 3. The molecule has 1 spiro atoms. The van der Waals surface area contributed by atoms with Crippen molar-refractivity contribution in [2.45, 2.75) is 88.4 Å². The highest BCUT2D eigenvalue weighted by Crippen LogP contribution is 2.59. The van der Waals surface area contributed by atoms with Crippen LogP contribution in [0.4, 0.5) is 0 Å². The molecule has 8 rings (SSSR count). The molecule has 41 heavy (non-hydrogen) atoms. The average Bonchev–Trinajstić information content (AvgIpc) is 3.61. The Morgan fingerprint density at radius 3 is 2.56 bits per heavy atom. The smallest absolute Gasteiger partial charge is 0.341 e. The molecule has 4 unspecified atom stereocenters. The van der Waals surface area contributed by atoms with Crippen molar-refractivity contribution >= 4 is 16.9 Å². The minimum absolute atomic E-state index is 0.0278. The third kappa shape index (κ3) is 4.00. The summed E-state index contributed by atoms with van der Waals surface area (Å²) in [6.45, 7) is 5.50. The van der Waals surface area contributed by atoms with Gasteiger partial charge in [0.2, 0.25) is 0 Å². The molecule has 0 amide bonds. The van der Waals surface area contributed by atoms with Crippen molar-refractivity contribution < 1.29 is 28.5 Å². The Kier molecular flexibility index (Phi) is 5.85. The molecule has 3 aromatic rings. The minimum Gasteiger partial charge on any atom is -0.507 e. The number of carbonyl (C=O) groups excluding carboxylic acids is 1. The summed E-state index contributed by atoms with van der Waals surface area (Å²) in [5.41, 5.74) is 12.2. The summed E-state index contributed by atoms with van der Waals surface area (Å²) in [5.74, 6) is 0.183. The van der Waals surface area contributed by atoms with Crippen LogP contribution in [0.1, 0.15) is 74.1 Å². The zero-order valence-electron chi connectivity index (χ0n) is 23.5. The number of rotatable bonds is 3. The minimum atomic E-state index is -1.03. The lowest BCUT2D eigenvalue weighted by atomic mass is 9.66. The topological polar surface area (TPSA) is 151 Å². The first-order valence-electron chi connectivity index (χ1n) is 14.5. The standard InChI is InChI=1S/C32H36N2O7/c1-15-11-20(35)25-21(38-15)14-22-26(27(25)36)24-17-7-9-19(10-8-17)32(30(37)39-28(24)31(2,3)40-22)23(41-32)13-16-5-4-6-18(12-16)29(33)34/h4-6,11-12,14,17,19,23-24,28-29,36H,7-10,13,33-34H2,1-3H3. The molecule has 4 aliphatic heterocycles. The molecular weight excluding hydrogens is 524 g/mol. The fourth-order valence-corrected chi connectivity index (χ4v) is 7.80. The Bertz CT molecular complexity index is 1620. The summed E-state index contributed by atoms with van der Waals surface area (Å²) < 4.78 is 25.0. The first-order chi connectivity index (χ1) is 19.5. The van der Waals surface area contributed by atoms with Gasteiger partial charge >= 0.3 is 5.97 Å². The summed E-state index contributed by atoms with van der Waals surface area (Å²) in [4.78, 5) is 27.1. The van der Waals surface area contributed by atoms with Gasteiger partial charge in [-0.3, -0.25) is 4.79 Å². The number of ether oxygens (including phenoxy) is 3. The number of aromatic hydroxyl groups is 1. The van der Waals surface area contributed by atoms with Crippen molar-refractivity contribution in [3.05, 3.63) is 69.1 Å².